The fraction of sp³-hybridized carbons (Fsp3) is 0.188. The first kappa shape index (κ1) is 11.8. The van der Waals surface area contributed by atoms with Gasteiger partial charge >= 0.3 is 6.03 Å². The zero-order chi connectivity index (χ0) is 13.2. The molecule has 0 aromatic heterocycles. The number of nitrogens with two attached hydrogens (primary N) is 1. The predicted octanol–water partition coefficient (Wildman–Crippen LogP) is 2.54. The van der Waals surface area contributed by atoms with Gasteiger partial charge in [0.05, 0.1) is 6.04 Å². The lowest BCUT2D eigenvalue weighted by atomic mass is 9.95. The molecule has 0 unspecified atom stereocenters. The number of carbonyl (C=O) groups is 1. The van der Waals surface area contributed by atoms with E-state index in [9.17, 15) is 4.79 Å². The van der Waals surface area contributed by atoms with Gasteiger partial charge in [0.1, 0.15) is 0 Å². The van der Waals surface area contributed by atoms with E-state index in [0.29, 0.717) is 0 Å². The van der Waals surface area contributed by atoms with Gasteiger partial charge in [0.15, 0.2) is 0 Å². The third-order valence-electron chi connectivity index (χ3n) is 3.68. The molecular formula is C16H16N2O. The van der Waals surface area contributed by atoms with Crippen LogP contribution < -0.4 is 11.1 Å². The van der Waals surface area contributed by atoms with Crippen molar-refractivity contribution in [1.29, 1.82) is 0 Å². The van der Waals surface area contributed by atoms with Crippen LogP contribution in [0.3, 0.4) is 0 Å². The number of benzene rings is 2. The van der Waals surface area contributed by atoms with E-state index in [1.165, 1.54) is 11.1 Å². The van der Waals surface area contributed by atoms with Gasteiger partial charge in [-0.05, 0) is 35.1 Å². The highest BCUT2D eigenvalue weighted by Gasteiger charge is 2.23. The highest BCUT2D eigenvalue weighted by molar-refractivity contribution is 5.73. The van der Waals surface area contributed by atoms with E-state index in [1.54, 1.807) is 0 Å². The van der Waals surface area contributed by atoms with Crippen LogP contribution >= 0.6 is 0 Å². The van der Waals surface area contributed by atoms with Crippen LogP contribution in [-0.4, -0.2) is 6.03 Å². The van der Waals surface area contributed by atoms with Crippen molar-refractivity contribution in [3.63, 3.8) is 0 Å². The van der Waals surface area contributed by atoms with E-state index >= 15 is 0 Å². The van der Waals surface area contributed by atoms with E-state index < -0.39 is 6.03 Å². The number of hydrogen-bond donors (Lipinski definition) is 2. The van der Waals surface area contributed by atoms with Crippen LogP contribution in [0.1, 0.15) is 28.3 Å². The fourth-order valence-electron chi connectivity index (χ4n) is 2.82. The van der Waals surface area contributed by atoms with Crippen molar-refractivity contribution in [3.05, 3.63) is 70.8 Å². The number of fused-ring (bicyclic) bond motifs is 2. The fourth-order valence-corrected chi connectivity index (χ4v) is 2.82. The molecule has 0 radical (unpaired) electrons. The quantitative estimate of drug-likeness (QED) is 0.805. The molecule has 3 N–H and O–H groups in total. The topological polar surface area (TPSA) is 55.1 Å². The second-order valence-corrected chi connectivity index (χ2v) is 4.84. The molecular weight excluding hydrogens is 236 g/mol. The number of rotatable bonds is 1. The van der Waals surface area contributed by atoms with Gasteiger partial charge in [-0.1, -0.05) is 48.5 Å². The van der Waals surface area contributed by atoms with Crippen LogP contribution in [0.15, 0.2) is 48.5 Å². The zero-order valence-corrected chi connectivity index (χ0v) is 10.6. The Morgan fingerprint density at radius 3 is 1.89 bits per heavy atom. The molecule has 3 heteroatoms. The lowest BCUT2D eigenvalue weighted by molar-refractivity contribution is 0.247. The summed E-state index contributed by atoms with van der Waals surface area (Å²) in [6.45, 7) is 0. The van der Waals surface area contributed by atoms with Crippen molar-refractivity contribution in [2.24, 2.45) is 5.73 Å². The van der Waals surface area contributed by atoms with Crippen molar-refractivity contribution in [2.45, 2.75) is 18.9 Å². The van der Waals surface area contributed by atoms with E-state index in [2.05, 4.69) is 29.6 Å². The predicted molar refractivity (Wildman–Crippen MR) is 74.9 cm³/mol. The number of primary amides is 1. The smallest absolute Gasteiger partial charge is 0.312 e. The summed E-state index contributed by atoms with van der Waals surface area (Å²) in [4.78, 5) is 11.3. The third-order valence-corrected chi connectivity index (χ3v) is 3.68. The molecule has 96 valence electrons. The molecule has 0 spiro atoms. The minimum Gasteiger partial charge on any atom is -0.352 e. The van der Waals surface area contributed by atoms with Crippen molar-refractivity contribution in [2.75, 3.05) is 0 Å². The molecule has 2 amide bonds. The van der Waals surface area contributed by atoms with Gasteiger partial charge in [0.2, 0.25) is 0 Å². The summed E-state index contributed by atoms with van der Waals surface area (Å²) in [5.41, 5.74) is 10.2. The Labute approximate surface area is 112 Å². The summed E-state index contributed by atoms with van der Waals surface area (Å²) >= 11 is 0. The lowest BCUT2D eigenvalue weighted by Gasteiger charge is -2.20. The summed E-state index contributed by atoms with van der Waals surface area (Å²) in [6.07, 6.45) is 1.98. The van der Waals surface area contributed by atoms with Crippen molar-refractivity contribution >= 4 is 6.03 Å². The van der Waals surface area contributed by atoms with Crippen LogP contribution in [0.25, 0.3) is 0 Å². The average Bonchev–Trinajstić information content (AvgIpc) is 2.57. The number of hydrogen-bond acceptors (Lipinski definition) is 1. The molecule has 3 rings (SSSR count). The van der Waals surface area contributed by atoms with Crippen LogP contribution in [0.4, 0.5) is 4.79 Å². The lowest BCUT2D eigenvalue weighted by Crippen LogP contribution is -2.34. The van der Waals surface area contributed by atoms with Gasteiger partial charge in [-0.15, -0.1) is 0 Å². The SMILES string of the molecule is NC(=O)NC1c2ccccc2CCc2ccccc21. The van der Waals surface area contributed by atoms with Gasteiger partial charge < -0.3 is 11.1 Å². The molecule has 0 atom stereocenters. The first-order chi connectivity index (χ1) is 9.25. The Morgan fingerprint density at radius 2 is 1.42 bits per heavy atom. The molecule has 0 saturated heterocycles. The standard InChI is InChI=1S/C16H16N2O/c17-16(19)18-15-13-7-3-1-5-11(13)9-10-12-6-2-4-8-14(12)15/h1-8,15H,9-10H2,(H3,17,18,19). The Bertz CT molecular complexity index is 574. The molecule has 2 aromatic carbocycles. The van der Waals surface area contributed by atoms with Crippen molar-refractivity contribution < 1.29 is 4.79 Å². The molecule has 0 aliphatic heterocycles. The van der Waals surface area contributed by atoms with Crippen LogP contribution in [0.5, 0.6) is 0 Å². The van der Waals surface area contributed by atoms with E-state index in [0.717, 1.165) is 24.0 Å². The molecule has 0 fully saturated rings. The number of urea groups is 1. The summed E-state index contributed by atoms with van der Waals surface area (Å²) in [6, 6.07) is 15.8. The largest absolute Gasteiger partial charge is 0.352 e. The average molecular weight is 252 g/mol. The van der Waals surface area contributed by atoms with Crippen LogP contribution in [0.2, 0.25) is 0 Å². The zero-order valence-electron chi connectivity index (χ0n) is 10.6. The van der Waals surface area contributed by atoms with Crippen molar-refractivity contribution in [3.8, 4) is 0 Å². The van der Waals surface area contributed by atoms with Gasteiger partial charge in [0, 0.05) is 0 Å². The van der Waals surface area contributed by atoms with Crippen LogP contribution in [0, 0.1) is 0 Å². The van der Waals surface area contributed by atoms with Gasteiger partial charge in [-0.25, -0.2) is 4.79 Å². The number of amides is 2. The molecule has 2 aromatic rings. The molecule has 0 heterocycles. The minimum atomic E-state index is -0.489. The molecule has 0 saturated carbocycles. The van der Waals surface area contributed by atoms with Gasteiger partial charge in [-0.3, -0.25) is 0 Å². The maximum atomic E-state index is 11.3. The molecule has 3 nitrogen and oxygen atoms in total. The minimum absolute atomic E-state index is 0.146. The van der Waals surface area contributed by atoms with Gasteiger partial charge in [-0.2, -0.15) is 0 Å². The summed E-state index contributed by atoms with van der Waals surface area (Å²) < 4.78 is 0. The Kier molecular flexibility index (Phi) is 2.95. The second-order valence-electron chi connectivity index (χ2n) is 4.84. The van der Waals surface area contributed by atoms with Crippen molar-refractivity contribution in [1.82, 2.24) is 5.32 Å². The van der Waals surface area contributed by atoms with E-state index in [-0.39, 0.29) is 6.04 Å². The highest BCUT2D eigenvalue weighted by Crippen LogP contribution is 2.32. The van der Waals surface area contributed by atoms with E-state index in [1.807, 2.05) is 24.3 Å². The molecule has 1 aliphatic carbocycles. The monoisotopic (exact) mass is 252 g/mol. The second kappa shape index (κ2) is 4.76. The Balaban J connectivity index is 2.16. The normalized spacial score (nSPS) is 14.1. The maximum absolute atomic E-state index is 11.3. The Morgan fingerprint density at radius 1 is 0.947 bits per heavy atom. The summed E-state index contributed by atoms with van der Waals surface area (Å²) in [5.74, 6) is 0. The molecule has 1 aliphatic rings. The van der Waals surface area contributed by atoms with Gasteiger partial charge in [0.25, 0.3) is 0 Å². The van der Waals surface area contributed by atoms with E-state index in [4.69, 9.17) is 5.73 Å². The summed E-state index contributed by atoms with van der Waals surface area (Å²) in [5, 5.41) is 2.87. The van der Waals surface area contributed by atoms with Crippen LogP contribution in [-0.2, 0) is 12.8 Å². The number of carbonyl (C=O) groups excluding carboxylic acids is 1. The first-order valence-corrected chi connectivity index (χ1v) is 6.47. The summed E-state index contributed by atoms with van der Waals surface area (Å²) in [7, 11) is 0. The Hall–Kier alpha value is -2.29. The molecule has 19 heavy (non-hydrogen) atoms. The maximum Gasteiger partial charge on any atom is 0.312 e. The third kappa shape index (κ3) is 2.19. The number of aryl methyl sites for hydroxylation is 2. The molecule has 0 bridgehead atoms. The first-order valence-electron chi connectivity index (χ1n) is 6.47. The number of nitrogens with one attached hydrogen (secondary N) is 1. The highest BCUT2D eigenvalue weighted by atomic mass is 16.2.